The third kappa shape index (κ3) is 10.2. The Bertz CT molecular complexity index is 1700. The summed E-state index contributed by atoms with van der Waals surface area (Å²) in [5.41, 5.74) is 5.40. The van der Waals surface area contributed by atoms with Crippen molar-refractivity contribution in [3.8, 4) is 0 Å². The van der Waals surface area contributed by atoms with Gasteiger partial charge in [-0.15, -0.1) is 0 Å². The van der Waals surface area contributed by atoms with Crippen LogP contribution in [0.5, 0.6) is 0 Å². The Labute approximate surface area is 352 Å². The second-order valence-corrected chi connectivity index (χ2v) is 19.5. The van der Waals surface area contributed by atoms with Crippen molar-refractivity contribution >= 4 is 23.9 Å². The van der Waals surface area contributed by atoms with E-state index in [4.69, 9.17) is 9.47 Å². The Kier molecular flexibility index (Phi) is 13.7. The molecule has 8 bridgehead atoms. The van der Waals surface area contributed by atoms with Gasteiger partial charge in [-0.2, -0.15) is 17.6 Å². The minimum atomic E-state index is -3.61. The molecular formula is C48H64F4O8. The maximum absolute atomic E-state index is 12.9. The Balaban J connectivity index is 0.000000220. The van der Waals surface area contributed by atoms with Gasteiger partial charge in [-0.1, -0.05) is 74.5 Å². The lowest BCUT2D eigenvalue weighted by molar-refractivity contribution is -0.178. The first kappa shape index (κ1) is 47.1. The number of carbonyl (C=O) groups excluding carboxylic acids is 4. The van der Waals surface area contributed by atoms with Gasteiger partial charge in [0, 0.05) is 24.7 Å². The Hall–Kier alpha value is -3.96. The van der Waals surface area contributed by atoms with E-state index < -0.39 is 48.9 Å². The SMILES string of the molecule is C.C.Cc1ccc(C23CC4CC(CC(COC(=O)COC(=O)C(C)(F)F)(C4)C2)C3)cc1.Cc1ccc(C23CC4CC(CC(COC(=O)COC(=O)C(C)(F)F)(C4)C2)C3)cc1. The summed E-state index contributed by atoms with van der Waals surface area (Å²) in [4.78, 5) is 46.3. The van der Waals surface area contributed by atoms with Gasteiger partial charge in [-0.3, -0.25) is 0 Å². The fourth-order valence-corrected chi connectivity index (χ4v) is 12.8. The van der Waals surface area contributed by atoms with E-state index in [0.29, 0.717) is 37.5 Å². The van der Waals surface area contributed by atoms with Crippen LogP contribution in [0.15, 0.2) is 48.5 Å². The van der Waals surface area contributed by atoms with Gasteiger partial charge >= 0.3 is 35.7 Å². The van der Waals surface area contributed by atoms with E-state index in [1.165, 1.54) is 60.8 Å². The molecule has 332 valence electrons. The molecular weight excluding hydrogens is 781 g/mol. The van der Waals surface area contributed by atoms with E-state index in [9.17, 15) is 36.7 Å². The number of halogens is 4. The molecule has 4 unspecified atom stereocenters. The molecule has 0 saturated heterocycles. The quantitative estimate of drug-likeness (QED) is 0.118. The molecule has 0 heterocycles. The molecule has 10 rings (SSSR count). The highest BCUT2D eigenvalue weighted by Gasteiger charge is 2.60. The molecule has 2 aromatic rings. The summed E-state index contributed by atoms with van der Waals surface area (Å²) in [5, 5.41) is 0. The summed E-state index contributed by atoms with van der Waals surface area (Å²) in [6, 6.07) is 17.6. The number of carbonyl (C=O) groups is 4. The lowest BCUT2D eigenvalue weighted by atomic mass is 9.43. The second kappa shape index (κ2) is 17.4. The van der Waals surface area contributed by atoms with Gasteiger partial charge in [-0.25, -0.2) is 19.2 Å². The average Bonchev–Trinajstić information content (AvgIpc) is 3.13. The van der Waals surface area contributed by atoms with E-state index >= 15 is 0 Å². The first-order valence-corrected chi connectivity index (χ1v) is 20.7. The van der Waals surface area contributed by atoms with Crippen molar-refractivity contribution in [1.82, 2.24) is 0 Å². The molecule has 0 amide bonds. The van der Waals surface area contributed by atoms with E-state index in [2.05, 4.69) is 71.9 Å². The molecule has 60 heavy (non-hydrogen) atoms. The predicted octanol–water partition coefficient (Wildman–Crippen LogP) is 10.4. The van der Waals surface area contributed by atoms with Crippen molar-refractivity contribution in [3.63, 3.8) is 0 Å². The normalized spacial score (nSPS) is 31.7. The molecule has 0 radical (unpaired) electrons. The minimum Gasteiger partial charge on any atom is -0.463 e. The zero-order valence-electron chi connectivity index (χ0n) is 34.0. The van der Waals surface area contributed by atoms with Crippen LogP contribution in [0.1, 0.15) is 128 Å². The summed E-state index contributed by atoms with van der Waals surface area (Å²) >= 11 is 0. The molecule has 0 aromatic heterocycles. The van der Waals surface area contributed by atoms with Crippen molar-refractivity contribution in [3.05, 3.63) is 70.8 Å². The topological polar surface area (TPSA) is 105 Å². The second-order valence-electron chi connectivity index (χ2n) is 19.5. The smallest absolute Gasteiger partial charge is 0.377 e. The van der Waals surface area contributed by atoms with Crippen molar-refractivity contribution in [2.75, 3.05) is 26.4 Å². The molecule has 8 fully saturated rings. The number of ether oxygens (including phenoxy) is 4. The number of hydrogen-bond acceptors (Lipinski definition) is 8. The van der Waals surface area contributed by atoms with E-state index in [-0.39, 0.29) is 49.7 Å². The van der Waals surface area contributed by atoms with E-state index in [1.807, 2.05) is 0 Å². The van der Waals surface area contributed by atoms with Crippen LogP contribution < -0.4 is 0 Å². The molecule has 8 nitrogen and oxygen atoms in total. The zero-order chi connectivity index (χ0) is 41.7. The first-order valence-electron chi connectivity index (χ1n) is 20.7. The molecule has 0 N–H and O–H groups in total. The van der Waals surface area contributed by atoms with Crippen LogP contribution in [0.4, 0.5) is 17.6 Å². The molecule has 4 atom stereocenters. The average molecular weight is 845 g/mol. The molecule has 0 aliphatic heterocycles. The zero-order valence-corrected chi connectivity index (χ0v) is 34.0. The fraction of sp³-hybridized carbons (Fsp3) is 0.667. The monoisotopic (exact) mass is 844 g/mol. The Morgan fingerprint density at radius 3 is 1.12 bits per heavy atom. The number of rotatable bonds is 12. The highest BCUT2D eigenvalue weighted by Crippen LogP contribution is 2.67. The molecule has 2 aromatic carbocycles. The molecule has 8 aliphatic rings. The molecule has 8 saturated carbocycles. The van der Waals surface area contributed by atoms with Gasteiger partial charge in [0.15, 0.2) is 13.2 Å². The molecule has 8 aliphatic carbocycles. The van der Waals surface area contributed by atoms with Crippen LogP contribution in [0.3, 0.4) is 0 Å². The maximum atomic E-state index is 12.9. The van der Waals surface area contributed by atoms with Crippen LogP contribution >= 0.6 is 0 Å². The van der Waals surface area contributed by atoms with Crippen LogP contribution in [0.2, 0.25) is 0 Å². The standard InChI is InChI=1S/2C23H28F2O4.2CH4/c2*1-15-3-5-18(6-4-15)23-10-16-7-17(11-23)9-22(8-16,13-23)14-29-19(26)12-28-20(27)21(2,24)25;;/h2*3-6,16-17H,7-14H2,1-2H3;2*1H4. The molecule has 0 spiro atoms. The van der Waals surface area contributed by atoms with Crippen LogP contribution in [0.25, 0.3) is 0 Å². The van der Waals surface area contributed by atoms with Gasteiger partial charge in [0.1, 0.15) is 0 Å². The van der Waals surface area contributed by atoms with Crippen molar-refractivity contribution in [2.24, 2.45) is 34.5 Å². The Morgan fingerprint density at radius 1 is 0.533 bits per heavy atom. The van der Waals surface area contributed by atoms with Crippen molar-refractivity contribution in [2.45, 2.75) is 142 Å². The van der Waals surface area contributed by atoms with Crippen molar-refractivity contribution in [1.29, 1.82) is 0 Å². The summed E-state index contributed by atoms with van der Waals surface area (Å²) in [7, 11) is 0. The summed E-state index contributed by atoms with van der Waals surface area (Å²) in [6.45, 7) is 4.07. The number of hydrogen-bond donors (Lipinski definition) is 0. The third-order valence-electron chi connectivity index (χ3n) is 14.1. The summed E-state index contributed by atoms with van der Waals surface area (Å²) in [5.74, 6) is -9.63. The van der Waals surface area contributed by atoms with Crippen LogP contribution in [-0.4, -0.2) is 62.1 Å². The van der Waals surface area contributed by atoms with Gasteiger partial charge in [0.2, 0.25) is 0 Å². The van der Waals surface area contributed by atoms with Gasteiger partial charge < -0.3 is 18.9 Å². The first-order chi connectivity index (χ1) is 27.2. The van der Waals surface area contributed by atoms with Crippen LogP contribution in [-0.2, 0) is 49.0 Å². The minimum absolute atomic E-state index is 0. The lowest BCUT2D eigenvalue weighted by Crippen LogP contribution is -2.55. The van der Waals surface area contributed by atoms with Crippen molar-refractivity contribution < 1.29 is 55.7 Å². The summed E-state index contributed by atoms with van der Waals surface area (Å²) in [6.07, 6.45) is 13.3. The lowest BCUT2D eigenvalue weighted by Gasteiger charge is -2.62. The number of esters is 4. The van der Waals surface area contributed by atoms with Crippen LogP contribution in [0, 0.1) is 48.3 Å². The third-order valence-corrected chi connectivity index (χ3v) is 14.1. The summed E-state index contributed by atoms with van der Waals surface area (Å²) < 4.78 is 71.0. The largest absolute Gasteiger partial charge is 0.463 e. The maximum Gasteiger partial charge on any atom is 0.377 e. The van der Waals surface area contributed by atoms with E-state index in [1.54, 1.807) is 0 Å². The molecule has 12 heteroatoms. The Morgan fingerprint density at radius 2 is 0.833 bits per heavy atom. The highest BCUT2D eigenvalue weighted by molar-refractivity contribution is 5.81. The van der Waals surface area contributed by atoms with Gasteiger partial charge in [0.05, 0.1) is 13.2 Å². The van der Waals surface area contributed by atoms with Gasteiger partial charge in [0.25, 0.3) is 0 Å². The fourth-order valence-electron chi connectivity index (χ4n) is 12.8. The van der Waals surface area contributed by atoms with E-state index in [0.717, 1.165) is 38.5 Å². The number of benzene rings is 2. The number of alkyl halides is 4. The highest BCUT2D eigenvalue weighted by atomic mass is 19.3. The number of aryl methyl sites for hydroxylation is 2. The van der Waals surface area contributed by atoms with Gasteiger partial charge in [-0.05, 0) is 137 Å². The predicted molar refractivity (Wildman–Crippen MR) is 218 cm³/mol.